The number of nitrogens with zero attached hydrogens (tertiary/aromatic N) is 3. The molecule has 1 aliphatic heterocycles. The number of aromatic nitrogens is 3. The number of rotatable bonds is 1. The molecule has 1 unspecified atom stereocenters. The first-order chi connectivity index (χ1) is 9.05. The van der Waals surface area contributed by atoms with Crippen LogP contribution >= 0.6 is 0 Å². The molecule has 0 amide bonds. The molecule has 3 heterocycles. The van der Waals surface area contributed by atoms with Crippen LogP contribution in [0.15, 0.2) is 30.6 Å². The quantitative estimate of drug-likeness (QED) is 0.864. The summed E-state index contributed by atoms with van der Waals surface area (Å²) < 4.78 is 39.5. The van der Waals surface area contributed by atoms with Gasteiger partial charge in [0.1, 0.15) is 5.82 Å². The average molecular weight is 268 g/mol. The maximum atomic E-state index is 12.7. The molecule has 100 valence electrons. The Hall–Kier alpha value is -2.05. The molecule has 0 aromatic carbocycles. The highest BCUT2D eigenvalue weighted by molar-refractivity contribution is 5.41. The number of pyridine rings is 1. The smallest absolute Gasteiger partial charge is 0.370 e. The minimum Gasteiger partial charge on any atom is -0.370 e. The van der Waals surface area contributed by atoms with Gasteiger partial charge in [-0.15, -0.1) is 0 Å². The van der Waals surface area contributed by atoms with Gasteiger partial charge in [0.15, 0.2) is 5.69 Å². The number of nitrogens with one attached hydrogen (secondary N) is 1. The van der Waals surface area contributed by atoms with Crippen molar-refractivity contribution in [2.45, 2.75) is 18.6 Å². The van der Waals surface area contributed by atoms with E-state index in [-0.39, 0.29) is 6.04 Å². The van der Waals surface area contributed by atoms with E-state index in [1.165, 1.54) is 4.68 Å². The molecule has 2 aromatic heterocycles. The highest BCUT2D eigenvalue weighted by Gasteiger charge is 2.36. The minimum atomic E-state index is -4.42. The molecule has 4 nitrogen and oxygen atoms in total. The molecular weight excluding hydrogens is 257 g/mol. The van der Waals surface area contributed by atoms with Crippen molar-refractivity contribution >= 4 is 5.82 Å². The Morgan fingerprint density at radius 3 is 2.68 bits per heavy atom. The van der Waals surface area contributed by atoms with Crippen molar-refractivity contribution in [3.8, 4) is 0 Å². The van der Waals surface area contributed by atoms with Crippen LogP contribution in [0.1, 0.15) is 23.7 Å². The van der Waals surface area contributed by atoms with Crippen LogP contribution in [-0.4, -0.2) is 21.3 Å². The first kappa shape index (κ1) is 12.0. The van der Waals surface area contributed by atoms with Crippen LogP contribution < -0.4 is 5.32 Å². The van der Waals surface area contributed by atoms with Gasteiger partial charge < -0.3 is 5.32 Å². The number of alkyl halides is 3. The van der Waals surface area contributed by atoms with Gasteiger partial charge in [0.05, 0.1) is 6.04 Å². The third-order valence-corrected chi connectivity index (χ3v) is 3.14. The van der Waals surface area contributed by atoms with Crippen LogP contribution in [0.4, 0.5) is 19.0 Å². The van der Waals surface area contributed by atoms with Gasteiger partial charge in [-0.2, -0.15) is 18.3 Å². The van der Waals surface area contributed by atoms with Crippen LogP contribution in [-0.2, 0) is 6.18 Å². The fourth-order valence-electron chi connectivity index (χ4n) is 2.26. The van der Waals surface area contributed by atoms with Crippen molar-refractivity contribution in [3.63, 3.8) is 0 Å². The lowest BCUT2D eigenvalue weighted by Crippen LogP contribution is -2.24. The lowest BCUT2D eigenvalue weighted by Gasteiger charge is -2.25. The zero-order valence-electron chi connectivity index (χ0n) is 9.85. The number of halogens is 3. The van der Waals surface area contributed by atoms with Crippen LogP contribution in [0, 0.1) is 0 Å². The molecular formula is C12H11F3N4. The molecule has 7 heteroatoms. The van der Waals surface area contributed by atoms with E-state index in [0.717, 1.165) is 11.6 Å². The van der Waals surface area contributed by atoms with E-state index in [9.17, 15) is 13.2 Å². The summed E-state index contributed by atoms with van der Waals surface area (Å²) >= 11 is 0. The molecule has 0 bridgehead atoms. The summed E-state index contributed by atoms with van der Waals surface area (Å²) in [4.78, 5) is 3.92. The van der Waals surface area contributed by atoms with Crippen molar-refractivity contribution in [2.24, 2.45) is 0 Å². The monoisotopic (exact) mass is 268 g/mol. The van der Waals surface area contributed by atoms with Gasteiger partial charge in [-0.3, -0.25) is 4.98 Å². The Morgan fingerprint density at radius 1 is 1.26 bits per heavy atom. The lowest BCUT2D eigenvalue weighted by molar-refractivity contribution is -0.141. The SMILES string of the molecule is FC(F)(F)c1cc2n(n1)C(c1ccncc1)CCN2. The van der Waals surface area contributed by atoms with Gasteiger partial charge >= 0.3 is 6.18 Å². The van der Waals surface area contributed by atoms with Gasteiger partial charge in [0, 0.05) is 25.0 Å². The third kappa shape index (κ3) is 2.16. The van der Waals surface area contributed by atoms with Crippen molar-refractivity contribution in [1.29, 1.82) is 0 Å². The number of fused-ring (bicyclic) bond motifs is 1. The van der Waals surface area contributed by atoms with E-state index in [1.54, 1.807) is 24.5 Å². The predicted molar refractivity (Wildman–Crippen MR) is 62.7 cm³/mol. The predicted octanol–water partition coefficient (Wildman–Crippen LogP) is 2.70. The van der Waals surface area contributed by atoms with E-state index < -0.39 is 11.9 Å². The third-order valence-electron chi connectivity index (χ3n) is 3.14. The topological polar surface area (TPSA) is 42.7 Å². The minimum absolute atomic E-state index is 0.185. The molecule has 0 fully saturated rings. The van der Waals surface area contributed by atoms with Gasteiger partial charge in [-0.1, -0.05) is 0 Å². The van der Waals surface area contributed by atoms with Crippen LogP contribution in [0.2, 0.25) is 0 Å². The van der Waals surface area contributed by atoms with Crippen molar-refractivity contribution in [1.82, 2.24) is 14.8 Å². The fraction of sp³-hybridized carbons (Fsp3) is 0.333. The molecule has 0 aliphatic carbocycles. The molecule has 1 N–H and O–H groups in total. The van der Waals surface area contributed by atoms with Crippen LogP contribution in [0.25, 0.3) is 0 Å². The standard InChI is InChI=1S/C12H11F3N4/c13-12(14,15)10-7-11-17-6-3-9(19(11)18-10)8-1-4-16-5-2-8/h1-2,4-5,7,9,17H,3,6H2. The molecule has 1 aliphatic rings. The molecule has 1 atom stereocenters. The van der Waals surface area contributed by atoms with Gasteiger partial charge in [-0.05, 0) is 24.1 Å². The Bertz CT molecular complexity index is 576. The van der Waals surface area contributed by atoms with E-state index in [2.05, 4.69) is 15.4 Å². The van der Waals surface area contributed by atoms with Crippen molar-refractivity contribution in [2.75, 3.05) is 11.9 Å². The number of anilines is 1. The van der Waals surface area contributed by atoms with Gasteiger partial charge in [-0.25, -0.2) is 4.68 Å². The lowest BCUT2D eigenvalue weighted by atomic mass is 10.0. The Kier molecular flexibility index (Phi) is 2.69. The van der Waals surface area contributed by atoms with E-state index in [4.69, 9.17) is 0 Å². The summed E-state index contributed by atoms with van der Waals surface area (Å²) in [7, 11) is 0. The first-order valence-electron chi connectivity index (χ1n) is 5.86. The second-order valence-corrected chi connectivity index (χ2v) is 4.37. The zero-order chi connectivity index (χ0) is 13.5. The molecule has 0 saturated carbocycles. The highest BCUT2D eigenvalue weighted by Crippen LogP contribution is 2.35. The first-order valence-corrected chi connectivity index (χ1v) is 5.86. The van der Waals surface area contributed by atoms with Crippen LogP contribution in [0.5, 0.6) is 0 Å². The zero-order valence-corrected chi connectivity index (χ0v) is 9.85. The number of hydrogen-bond donors (Lipinski definition) is 1. The maximum absolute atomic E-state index is 12.7. The average Bonchev–Trinajstić information content (AvgIpc) is 2.83. The summed E-state index contributed by atoms with van der Waals surface area (Å²) in [5.74, 6) is 0.403. The number of hydrogen-bond acceptors (Lipinski definition) is 3. The summed E-state index contributed by atoms with van der Waals surface area (Å²) in [5, 5.41) is 6.63. The van der Waals surface area contributed by atoms with Gasteiger partial charge in [0.2, 0.25) is 0 Å². The summed E-state index contributed by atoms with van der Waals surface area (Å²) in [6.45, 7) is 0.621. The molecule has 0 radical (unpaired) electrons. The van der Waals surface area contributed by atoms with E-state index in [0.29, 0.717) is 18.8 Å². The highest BCUT2D eigenvalue weighted by atomic mass is 19.4. The van der Waals surface area contributed by atoms with E-state index >= 15 is 0 Å². The normalized spacial score (nSPS) is 18.8. The van der Waals surface area contributed by atoms with Crippen molar-refractivity contribution in [3.05, 3.63) is 41.9 Å². The summed E-state index contributed by atoms with van der Waals surface area (Å²) in [6.07, 6.45) is -0.471. The fourth-order valence-corrected chi connectivity index (χ4v) is 2.26. The Morgan fingerprint density at radius 2 is 2.00 bits per heavy atom. The Labute approximate surface area is 107 Å². The molecule has 0 saturated heterocycles. The molecule has 2 aromatic rings. The summed E-state index contributed by atoms with van der Waals surface area (Å²) in [5.41, 5.74) is 0.0468. The largest absolute Gasteiger partial charge is 0.435 e. The van der Waals surface area contributed by atoms with E-state index in [1.807, 2.05) is 0 Å². The Balaban J connectivity index is 2.03. The summed E-state index contributed by atoms with van der Waals surface area (Å²) in [6, 6.07) is 4.46. The molecule has 3 rings (SSSR count). The molecule has 19 heavy (non-hydrogen) atoms. The second kappa shape index (κ2) is 4.25. The van der Waals surface area contributed by atoms with Crippen molar-refractivity contribution < 1.29 is 13.2 Å². The maximum Gasteiger partial charge on any atom is 0.435 e. The second-order valence-electron chi connectivity index (χ2n) is 4.37. The van der Waals surface area contributed by atoms with Crippen LogP contribution in [0.3, 0.4) is 0 Å². The van der Waals surface area contributed by atoms with Gasteiger partial charge in [0.25, 0.3) is 0 Å². The molecule has 0 spiro atoms.